The molecule has 0 aliphatic heterocycles. The molecule has 0 aliphatic rings. The fraction of sp³-hybridized carbons (Fsp3) is 0.200. The minimum Gasteiger partial charge on any atom is -0.493 e. The Hall–Kier alpha value is -3.28. The number of aromatic nitrogens is 2. The van der Waals surface area contributed by atoms with Gasteiger partial charge in [-0.05, 0) is 44.2 Å². The van der Waals surface area contributed by atoms with E-state index in [4.69, 9.17) is 9.47 Å². The molecule has 0 saturated carbocycles. The quantitative estimate of drug-likeness (QED) is 0.575. The Bertz CT molecular complexity index is 1010. The summed E-state index contributed by atoms with van der Waals surface area (Å²) in [6, 6.07) is 14.5. The zero-order valence-electron chi connectivity index (χ0n) is 15.2. The molecule has 3 aromatic rings. The smallest absolute Gasteiger partial charge is 0.293 e. The molecule has 0 fully saturated rings. The maximum absolute atomic E-state index is 13.2. The van der Waals surface area contributed by atoms with E-state index in [-0.39, 0.29) is 0 Å². The van der Waals surface area contributed by atoms with E-state index in [2.05, 4.69) is 0 Å². The molecule has 1 heterocycles. The molecule has 0 atom stereocenters. The summed E-state index contributed by atoms with van der Waals surface area (Å²) in [4.78, 5) is 13.2. The van der Waals surface area contributed by atoms with Gasteiger partial charge in [0.05, 0.1) is 29.8 Å². The molecule has 0 radical (unpaired) electrons. The molecular formula is C20H21N2O4+. The predicted octanol–water partition coefficient (Wildman–Crippen LogP) is 3.61. The van der Waals surface area contributed by atoms with E-state index in [0.717, 1.165) is 14.7 Å². The molecule has 1 aromatic heterocycles. The summed E-state index contributed by atoms with van der Waals surface area (Å²) in [5, 5.41) is 10.6. The van der Waals surface area contributed by atoms with E-state index in [0.29, 0.717) is 39.8 Å². The lowest BCUT2D eigenvalue weighted by atomic mass is 10.1. The highest BCUT2D eigenvalue weighted by Crippen LogP contribution is 2.33. The number of rotatable bonds is 4. The number of nitrogens with zero attached hydrogens (tertiary/aromatic N) is 2. The van der Waals surface area contributed by atoms with Crippen LogP contribution in [0.3, 0.4) is 0 Å². The molecule has 6 nitrogen and oxygen atoms in total. The lowest BCUT2D eigenvalue weighted by Gasteiger charge is -2.11. The molecule has 0 amide bonds. The second-order valence-corrected chi connectivity index (χ2v) is 5.91. The first-order valence-corrected chi connectivity index (χ1v) is 8.15. The summed E-state index contributed by atoms with van der Waals surface area (Å²) in [5.41, 5.74) is 2.98. The van der Waals surface area contributed by atoms with Crippen molar-refractivity contribution in [3.05, 3.63) is 64.8 Å². The minimum atomic E-state index is 0.345. The number of ether oxygens (including phenoxy) is 2. The fourth-order valence-corrected chi connectivity index (χ4v) is 3.09. The summed E-state index contributed by atoms with van der Waals surface area (Å²) in [6.45, 7) is 3.41. The minimum absolute atomic E-state index is 0.345. The SMILES string of the molecule is COc1ccc(-c2c(C)n(O)c(C)c(-c3ccccc3)[n+]2=O)cc1OC. The Morgan fingerprint density at radius 1 is 0.846 bits per heavy atom. The molecule has 0 unspecified atom stereocenters. The number of hydrogen-bond acceptors (Lipinski definition) is 4. The molecule has 26 heavy (non-hydrogen) atoms. The molecule has 3 rings (SSSR count). The first-order chi connectivity index (χ1) is 12.5. The van der Waals surface area contributed by atoms with Gasteiger partial charge in [0.2, 0.25) is 0 Å². The average molecular weight is 353 g/mol. The third-order valence-corrected chi connectivity index (χ3v) is 4.43. The van der Waals surface area contributed by atoms with Crippen LogP contribution in [-0.4, -0.2) is 24.2 Å². The van der Waals surface area contributed by atoms with Gasteiger partial charge in [-0.15, -0.1) is 0 Å². The van der Waals surface area contributed by atoms with Gasteiger partial charge in [-0.25, -0.2) is 0 Å². The number of benzene rings is 2. The fourth-order valence-electron chi connectivity index (χ4n) is 3.09. The molecule has 2 aromatic carbocycles. The van der Waals surface area contributed by atoms with Crippen LogP contribution in [0.5, 0.6) is 11.5 Å². The largest absolute Gasteiger partial charge is 0.493 e. The lowest BCUT2D eigenvalue weighted by molar-refractivity contribution is -0.472. The highest BCUT2D eigenvalue weighted by Gasteiger charge is 2.29. The van der Waals surface area contributed by atoms with Crippen molar-refractivity contribution < 1.29 is 19.1 Å². The van der Waals surface area contributed by atoms with Gasteiger partial charge in [0.1, 0.15) is 11.4 Å². The second kappa shape index (κ2) is 6.92. The Morgan fingerprint density at radius 3 is 2.00 bits per heavy atom. The molecule has 1 N–H and O–H groups in total. The maximum atomic E-state index is 13.2. The van der Waals surface area contributed by atoms with Crippen LogP contribution in [0.1, 0.15) is 11.4 Å². The summed E-state index contributed by atoms with van der Waals surface area (Å²) < 4.78 is 12.5. The second-order valence-electron chi connectivity index (χ2n) is 5.91. The lowest BCUT2D eigenvalue weighted by Crippen LogP contribution is -2.28. The van der Waals surface area contributed by atoms with E-state index < -0.39 is 0 Å². The zero-order valence-corrected chi connectivity index (χ0v) is 15.2. The summed E-state index contributed by atoms with van der Waals surface area (Å²) in [5.74, 6) is 1.08. The maximum Gasteiger partial charge on any atom is 0.293 e. The van der Waals surface area contributed by atoms with Crippen molar-refractivity contribution >= 4 is 0 Å². The van der Waals surface area contributed by atoms with Crippen LogP contribution in [0, 0.1) is 18.8 Å². The monoisotopic (exact) mass is 353 g/mol. The normalized spacial score (nSPS) is 10.6. The summed E-state index contributed by atoms with van der Waals surface area (Å²) in [7, 11) is 3.09. The van der Waals surface area contributed by atoms with Gasteiger partial charge in [0, 0.05) is 4.91 Å². The number of methoxy groups -OCH3 is 2. The van der Waals surface area contributed by atoms with Crippen molar-refractivity contribution in [1.29, 1.82) is 0 Å². The van der Waals surface area contributed by atoms with Crippen LogP contribution in [0.25, 0.3) is 22.5 Å². The molecule has 6 heteroatoms. The summed E-state index contributed by atoms with van der Waals surface area (Å²) >= 11 is 0. The van der Waals surface area contributed by atoms with Crippen molar-refractivity contribution in [1.82, 2.24) is 4.73 Å². The molecular weight excluding hydrogens is 332 g/mol. The third-order valence-electron chi connectivity index (χ3n) is 4.43. The van der Waals surface area contributed by atoms with Crippen LogP contribution in [0.2, 0.25) is 0 Å². The van der Waals surface area contributed by atoms with Crippen molar-refractivity contribution in [3.63, 3.8) is 0 Å². The van der Waals surface area contributed by atoms with E-state index in [1.165, 1.54) is 7.11 Å². The van der Waals surface area contributed by atoms with Gasteiger partial charge in [-0.1, -0.05) is 18.2 Å². The standard InChI is InChI=1S/C20H21N2O4/c1-13-19(15-8-6-5-7-9-15)22(24)20(14(2)21(13)23)16-10-11-17(25-3)18(12-16)26-4/h5-12,23H,1-4H3/q+1. The Balaban J connectivity index is 2.33. The van der Waals surface area contributed by atoms with Crippen molar-refractivity contribution in [3.8, 4) is 34.0 Å². The average Bonchev–Trinajstić information content (AvgIpc) is 2.67. The van der Waals surface area contributed by atoms with Crippen molar-refractivity contribution in [2.75, 3.05) is 14.2 Å². The first kappa shape index (κ1) is 17.5. The van der Waals surface area contributed by atoms with E-state index >= 15 is 0 Å². The molecule has 0 aliphatic carbocycles. The van der Waals surface area contributed by atoms with E-state index in [9.17, 15) is 10.1 Å². The predicted molar refractivity (Wildman–Crippen MR) is 98.4 cm³/mol. The van der Waals surface area contributed by atoms with Gasteiger partial charge in [0.15, 0.2) is 11.5 Å². The van der Waals surface area contributed by atoms with Gasteiger partial charge < -0.3 is 14.7 Å². The van der Waals surface area contributed by atoms with Gasteiger partial charge in [-0.2, -0.15) is 4.73 Å². The van der Waals surface area contributed by atoms with E-state index in [1.54, 1.807) is 39.2 Å². The third kappa shape index (κ3) is 2.79. The highest BCUT2D eigenvalue weighted by molar-refractivity contribution is 5.66. The molecule has 0 saturated heterocycles. The Labute approximate surface area is 151 Å². The van der Waals surface area contributed by atoms with Crippen LogP contribution in [0.4, 0.5) is 0 Å². The molecule has 0 bridgehead atoms. The van der Waals surface area contributed by atoms with E-state index in [1.807, 2.05) is 30.3 Å². The number of hydrogen-bond donors (Lipinski definition) is 1. The molecule has 0 spiro atoms. The van der Waals surface area contributed by atoms with Gasteiger partial charge >= 0.3 is 0 Å². The first-order valence-electron chi connectivity index (χ1n) is 8.15. The zero-order chi connectivity index (χ0) is 18.8. The Kier molecular flexibility index (Phi) is 4.67. The van der Waals surface area contributed by atoms with Crippen LogP contribution in [-0.2, 0) is 0 Å². The highest BCUT2D eigenvalue weighted by atomic mass is 16.5. The van der Waals surface area contributed by atoms with Crippen LogP contribution >= 0.6 is 0 Å². The van der Waals surface area contributed by atoms with Crippen molar-refractivity contribution in [2.24, 2.45) is 0 Å². The van der Waals surface area contributed by atoms with Crippen LogP contribution < -0.4 is 13.9 Å². The summed E-state index contributed by atoms with van der Waals surface area (Å²) in [6.07, 6.45) is 0. The van der Waals surface area contributed by atoms with Gasteiger partial charge in [-0.3, -0.25) is 0 Å². The topological polar surface area (TPSA) is 66.6 Å². The van der Waals surface area contributed by atoms with Crippen LogP contribution in [0.15, 0.2) is 48.5 Å². The van der Waals surface area contributed by atoms with Crippen molar-refractivity contribution in [2.45, 2.75) is 13.8 Å². The van der Waals surface area contributed by atoms with Gasteiger partial charge in [0.25, 0.3) is 11.4 Å². The Morgan fingerprint density at radius 2 is 1.42 bits per heavy atom. The molecule has 134 valence electrons.